The van der Waals surface area contributed by atoms with E-state index in [1.807, 2.05) is 0 Å². The fourth-order valence-electron chi connectivity index (χ4n) is 3.02. The zero-order valence-corrected chi connectivity index (χ0v) is 17.1. The number of nitrogens with zero attached hydrogens (tertiary/aromatic N) is 3. The highest BCUT2D eigenvalue weighted by molar-refractivity contribution is 6.34. The van der Waals surface area contributed by atoms with E-state index in [9.17, 15) is 19.7 Å². The number of hydrogen-bond donors (Lipinski definition) is 1. The van der Waals surface area contributed by atoms with Crippen molar-refractivity contribution < 1.29 is 9.72 Å². The lowest BCUT2D eigenvalue weighted by molar-refractivity contribution is -0.384. The number of non-ortho nitro benzene ring substituents is 1. The van der Waals surface area contributed by atoms with Crippen LogP contribution in [-0.4, -0.2) is 20.5 Å². The Morgan fingerprint density at radius 3 is 2.52 bits per heavy atom. The van der Waals surface area contributed by atoms with Crippen molar-refractivity contribution in [3.05, 3.63) is 103 Å². The molecule has 4 aromatic rings. The van der Waals surface area contributed by atoms with Gasteiger partial charge in [-0.15, -0.1) is 0 Å². The minimum Gasteiger partial charge on any atom is -0.267 e. The second-order valence-electron chi connectivity index (χ2n) is 6.47. The second-order valence-corrected chi connectivity index (χ2v) is 7.31. The molecule has 3 aromatic carbocycles. The van der Waals surface area contributed by atoms with Crippen molar-refractivity contribution in [3.8, 4) is 11.4 Å². The highest BCUT2D eigenvalue weighted by atomic mass is 35.5. The first-order valence-corrected chi connectivity index (χ1v) is 9.64. The lowest BCUT2D eigenvalue weighted by Crippen LogP contribution is -2.35. The minimum absolute atomic E-state index is 0.0376. The fourth-order valence-corrected chi connectivity index (χ4v) is 3.47. The number of nitro benzene ring substituents is 1. The van der Waals surface area contributed by atoms with E-state index >= 15 is 0 Å². The molecule has 1 N–H and O–H groups in total. The molecule has 0 atom stereocenters. The van der Waals surface area contributed by atoms with Crippen molar-refractivity contribution in [2.75, 3.05) is 5.43 Å². The van der Waals surface area contributed by atoms with Gasteiger partial charge in [0.2, 0.25) is 0 Å². The zero-order valence-electron chi connectivity index (χ0n) is 15.6. The van der Waals surface area contributed by atoms with E-state index in [-0.39, 0.29) is 22.1 Å². The first kappa shape index (κ1) is 20.5. The van der Waals surface area contributed by atoms with E-state index in [2.05, 4.69) is 10.4 Å². The molecule has 0 aliphatic rings. The largest absolute Gasteiger partial charge is 0.280 e. The number of fused-ring (bicyclic) bond motifs is 1. The third-order valence-electron chi connectivity index (χ3n) is 4.48. The van der Waals surface area contributed by atoms with Crippen molar-refractivity contribution in [3.63, 3.8) is 0 Å². The van der Waals surface area contributed by atoms with Gasteiger partial charge in [0, 0.05) is 22.7 Å². The molecule has 0 saturated carbocycles. The molecule has 0 bridgehead atoms. The highest BCUT2D eigenvalue weighted by Gasteiger charge is 2.19. The lowest BCUT2D eigenvalue weighted by Gasteiger charge is -2.15. The topological polar surface area (TPSA) is 107 Å². The molecule has 0 aliphatic carbocycles. The van der Waals surface area contributed by atoms with Gasteiger partial charge >= 0.3 is 0 Å². The number of para-hydroxylation sites is 1. The zero-order chi connectivity index (χ0) is 22.1. The molecule has 10 heteroatoms. The molecule has 154 valence electrons. The number of rotatable bonds is 4. The van der Waals surface area contributed by atoms with Crippen LogP contribution in [0.4, 0.5) is 5.69 Å². The molecule has 1 amide bonds. The van der Waals surface area contributed by atoms with Gasteiger partial charge in [0.15, 0.2) is 5.82 Å². The van der Waals surface area contributed by atoms with E-state index in [4.69, 9.17) is 23.2 Å². The summed E-state index contributed by atoms with van der Waals surface area (Å²) >= 11 is 12.2. The first-order chi connectivity index (χ1) is 14.8. The summed E-state index contributed by atoms with van der Waals surface area (Å²) in [5.41, 5.74) is 2.65. The maximum Gasteiger partial charge on any atom is 0.280 e. The normalized spacial score (nSPS) is 10.8. The van der Waals surface area contributed by atoms with Crippen molar-refractivity contribution in [1.82, 2.24) is 9.66 Å². The summed E-state index contributed by atoms with van der Waals surface area (Å²) in [6.45, 7) is 0. The molecule has 4 rings (SSSR count). The Bertz CT molecular complexity index is 1420. The van der Waals surface area contributed by atoms with Gasteiger partial charge in [0.1, 0.15) is 0 Å². The lowest BCUT2D eigenvalue weighted by atomic mass is 10.2. The van der Waals surface area contributed by atoms with E-state index in [1.165, 1.54) is 6.07 Å². The Kier molecular flexibility index (Phi) is 5.41. The van der Waals surface area contributed by atoms with Crippen LogP contribution in [0.2, 0.25) is 10.0 Å². The van der Waals surface area contributed by atoms with Crippen LogP contribution in [0.25, 0.3) is 22.3 Å². The maximum absolute atomic E-state index is 13.2. The molecule has 1 heterocycles. The standard InChI is InChI=1S/C21H12Cl2N4O4/c22-13-5-3-4-12(10-13)19-24-18-7-2-1-6-16(18)21(29)26(19)25-20(28)15-9-8-14(27(30)31)11-17(15)23/h1-11H,(H,25,28). The number of amides is 1. The van der Waals surface area contributed by atoms with E-state index in [0.29, 0.717) is 21.5 Å². The molecule has 0 radical (unpaired) electrons. The summed E-state index contributed by atoms with van der Waals surface area (Å²) in [5.74, 6) is -0.569. The van der Waals surface area contributed by atoms with Gasteiger partial charge in [-0.1, -0.05) is 47.5 Å². The van der Waals surface area contributed by atoms with Crippen LogP contribution in [0.5, 0.6) is 0 Å². The number of nitrogens with one attached hydrogen (secondary N) is 1. The Morgan fingerprint density at radius 1 is 1.03 bits per heavy atom. The number of hydrogen-bond acceptors (Lipinski definition) is 5. The monoisotopic (exact) mass is 454 g/mol. The van der Waals surface area contributed by atoms with E-state index in [1.54, 1.807) is 48.5 Å². The van der Waals surface area contributed by atoms with Gasteiger partial charge in [-0.25, -0.2) is 4.98 Å². The third kappa shape index (κ3) is 3.98. The van der Waals surface area contributed by atoms with Gasteiger partial charge in [-0.05, 0) is 30.3 Å². The maximum atomic E-state index is 13.2. The van der Waals surface area contributed by atoms with Crippen molar-refractivity contribution in [2.24, 2.45) is 0 Å². The smallest absolute Gasteiger partial charge is 0.267 e. The van der Waals surface area contributed by atoms with Crippen LogP contribution in [0.15, 0.2) is 71.5 Å². The molecular formula is C21H12Cl2N4O4. The van der Waals surface area contributed by atoms with Gasteiger partial charge in [0.25, 0.3) is 17.2 Å². The minimum atomic E-state index is -0.734. The van der Waals surface area contributed by atoms with Gasteiger partial charge in [-0.2, -0.15) is 4.68 Å². The van der Waals surface area contributed by atoms with Crippen molar-refractivity contribution in [1.29, 1.82) is 0 Å². The number of halogens is 2. The molecule has 1 aromatic heterocycles. The molecule has 0 saturated heterocycles. The predicted molar refractivity (Wildman–Crippen MR) is 118 cm³/mol. The number of benzene rings is 3. The second kappa shape index (κ2) is 8.17. The number of carbonyl (C=O) groups excluding carboxylic acids is 1. The summed E-state index contributed by atoms with van der Waals surface area (Å²) in [6.07, 6.45) is 0. The SMILES string of the molecule is O=C(Nn1c(-c2cccc(Cl)c2)nc2ccccc2c1=O)c1ccc([N+](=O)[O-])cc1Cl. The Balaban J connectivity index is 1.86. The highest BCUT2D eigenvalue weighted by Crippen LogP contribution is 2.24. The summed E-state index contributed by atoms with van der Waals surface area (Å²) in [6, 6.07) is 16.8. The van der Waals surface area contributed by atoms with Crippen LogP contribution in [-0.2, 0) is 0 Å². The predicted octanol–water partition coefficient (Wildman–Crippen LogP) is 4.66. The molecule has 0 fully saturated rings. The van der Waals surface area contributed by atoms with Crippen molar-refractivity contribution in [2.45, 2.75) is 0 Å². The van der Waals surface area contributed by atoms with Crippen molar-refractivity contribution >= 4 is 45.7 Å². The number of carbonyl (C=O) groups is 1. The summed E-state index contributed by atoms with van der Waals surface area (Å²) in [4.78, 5) is 40.8. The average molecular weight is 455 g/mol. The summed E-state index contributed by atoms with van der Waals surface area (Å²) < 4.78 is 1.01. The van der Waals surface area contributed by atoms with Crippen LogP contribution in [0.1, 0.15) is 10.4 Å². The molecule has 8 nitrogen and oxygen atoms in total. The van der Waals surface area contributed by atoms with E-state index in [0.717, 1.165) is 16.8 Å². The summed E-state index contributed by atoms with van der Waals surface area (Å²) in [7, 11) is 0. The molecular weight excluding hydrogens is 443 g/mol. The van der Waals surface area contributed by atoms with Crippen LogP contribution >= 0.6 is 23.2 Å². The molecule has 0 aliphatic heterocycles. The Labute approximate surface area is 184 Å². The number of nitro groups is 1. The fraction of sp³-hybridized carbons (Fsp3) is 0. The third-order valence-corrected chi connectivity index (χ3v) is 5.03. The Morgan fingerprint density at radius 2 is 1.81 bits per heavy atom. The molecule has 0 spiro atoms. The van der Waals surface area contributed by atoms with Gasteiger partial charge in [-0.3, -0.25) is 25.1 Å². The molecule has 31 heavy (non-hydrogen) atoms. The average Bonchev–Trinajstić information content (AvgIpc) is 2.75. The van der Waals surface area contributed by atoms with Crippen LogP contribution in [0, 0.1) is 10.1 Å². The van der Waals surface area contributed by atoms with Gasteiger partial charge < -0.3 is 0 Å². The summed E-state index contributed by atoms with van der Waals surface area (Å²) in [5, 5.41) is 11.5. The first-order valence-electron chi connectivity index (χ1n) is 8.88. The quantitative estimate of drug-likeness (QED) is 0.356. The van der Waals surface area contributed by atoms with Gasteiger partial charge in [0.05, 0.1) is 26.4 Å². The Hall–Kier alpha value is -3.75. The van der Waals surface area contributed by atoms with E-state index < -0.39 is 16.4 Å². The number of aromatic nitrogens is 2. The van der Waals surface area contributed by atoms with Crippen LogP contribution < -0.4 is 11.0 Å². The van der Waals surface area contributed by atoms with Crippen LogP contribution in [0.3, 0.4) is 0 Å². The molecule has 0 unspecified atom stereocenters.